The molecule has 1 aromatic heterocycles. The second kappa shape index (κ2) is 3.84. The molecular weight excluding hydrogens is 208 g/mol. The zero-order valence-corrected chi connectivity index (χ0v) is 9.40. The number of hydrogen-bond acceptors (Lipinski definition) is 3. The molecule has 1 aromatic carbocycles. The molecule has 0 saturated carbocycles. The highest BCUT2D eigenvalue weighted by atomic mass is 16.5. The van der Waals surface area contributed by atoms with Crippen LogP contribution >= 0.6 is 0 Å². The third kappa shape index (κ3) is 1.50. The van der Waals surface area contributed by atoms with E-state index >= 15 is 0 Å². The highest BCUT2D eigenvalue weighted by Gasteiger charge is 2.14. The Bertz CT molecular complexity index is 590. The van der Waals surface area contributed by atoms with Crippen molar-refractivity contribution in [3.63, 3.8) is 0 Å². The molecule has 2 aromatic rings. The average molecular weight is 221 g/mol. The van der Waals surface area contributed by atoms with Gasteiger partial charge in [0.1, 0.15) is 0 Å². The molecular formula is C11H13N2O3+. The van der Waals surface area contributed by atoms with Crippen LogP contribution in [0.25, 0.3) is 10.9 Å². The van der Waals surface area contributed by atoms with Gasteiger partial charge < -0.3 is 9.47 Å². The fourth-order valence-electron chi connectivity index (χ4n) is 1.70. The number of ether oxygens (including phenoxy) is 2. The Hall–Kier alpha value is -2.04. The zero-order chi connectivity index (χ0) is 11.7. The van der Waals surface area contributed by atoms with Crippen molar-refractivity contribution in [3.05, 3.63) is 28.6 Å². The van der Waals surface area contributed by atoms with Gasteiger partial charge >= 0.3 is 0 Å². The van der Waals surface area contributed by atoms with Gasteiger partial charge in [-0.15, -0.1) is 4.68 Å². The second-order valence-electron chi connectivity index (χ2n) is 3.44. The van der Waals surface area contributed by atoms with Crippen LogP contribution in [-0.4, -0.2) is 19.3 Å². The minimum atomic E-state index is -0.0581. The van der Waals surface area contributed by atoms with E-state index in [4.69, 9.17) is 9.47 Å². The maximum absolute atomic E-state index is 11.7. The van der Waals surface area contributed by atoms with Crippen LogP contribution in [0, 0.1) is 0 Å². The van der Waals surface area contributed by atoms with Gasteiger partial charge in [0.25, 0.3) is 5.43 Å². The molecule has 0 bridgehead atoms. The van der Waals surface area contributed by atoms with Crippen LogP contribution in [0.2, 0.25) is 0 Å². The number of hydrogen-bond donors (Lipinski definition) is 1. The second-order valence-corrected chi connectivity index (χ2v) is 3.44. The van der Waals surface area contributed by atoms with Crippen LogP contribution < -0.4 is 19.6 Å². The number of rotatable bonds is 2. The van der Waals surface area contributed by atoms with Crippen LogP contribution in [0.15, 0.2) is 23.1 Å². The van der Waals surface area contributed by atoms with Crippen molar-refractivity contribution < 1.29 is 14.2 Å². The first-order chi connectivity index (χ1) is 7.67. The normalized spacial score (nSPS) is 10.4. The van der Waals surface area contributed by atoms with Crippen LogP contribution in [0.3, 0.4) is 0 Å². The first-order valence-corrected chi connectivity index (χ1v) is 4.81. The van der Waals surface area contributed by atoms with Gasteiger partial charge in [-0.1, -0.05) is 0 Å². The summed E-state index contributed by atoms with van der Waals surface area (Å²) in [5.41, 5.74) is 0.578. The van der Waals surface area contributed by atoms with Gasteiger partial charge in [-0.25, -0.2) is 0 Å². The van der Waals surface area contributed by atoms with Gasteiger partial charge in [0.2, 0.25) is 6.20 Å². The third-order valence-electron chi connectivity index (χ3n) is 2.41. The number of benzene rings is 1. The van der Waals surface area contributed by atoms with Crippen molar-refractivity contribution in [2.45, 2.75) is 0 Å². The van der Waals surface area contributed by atoms with Crippen molar-refractivity contribution in [2.75, 3.05) is 14.2 Å². The standard InChI is InChI=1S/C11H12N2O3/c1-13-6-8(14)7-4-5-9(15-2)11(16-3)10(7)12-13/h4-6H,1-3H3/p+1. The lowest BCUT2D eigenvalue weighted by Crippen LogP contribution is -2.36. The maximum atomic E-state index is 11.7. The largest absolute Gasteiger partial charge is 0.493 e. The van der Waals surface area contributed by atoms with E-state index in [-0.39, 0.29) is 5.43 Å². The van der Waals surface area contributed by atoms with E-state index in [0.29, 0.717) is 22.4 Å². The van der Waals surface area contributed by atoms with Crippen molar-refractivity contribution in [1.29, 1.82) is 0 Å². The molecule has 84 valence electrons. The van der Waals surface area contributed by atoms with Crippen LogP contribution in [0.1, 0.15) is 0 Å². The van der Waals surface area contributed by atoms with Crippen molar-refractivity contribution in [3.8, 4) is 11.5 Å². The zero-order valence-electron chi connectivity index (χ0n) is 9.40. The summed E-state index contributed by atoms with van der Waals surface area (Å²) in [7, 11) is 4.85. The van der Waals surface area contributed by atoms with Crippen LogP contribution in [0.4, 0.5) is 0 Å². The molecule has 0 aliphatic carbocycles. The SMILES string of the molecule is COc1ccc2c(=O)c[n+](C)[nH]c2c1OC. The molecule has 2 rings (SSSR count). The summed E-state index contributed by atoms with van der Waals surface area (Å²) in [6.45, 7) is 0. The molecule has 5 heteroatoms. The monoisotopic (exact) mass is 221 g/mol. The van der Waals surface area contributed by atoms with Gasteiger partial charge in [-0.05, 0) is 12.1 Å². The highest BCUT2D eigenvalue weighted by Crippen LogP contribution is 2.31. The lowest BCUT2D eigenvalue weighted by Gasteiger charge is -2.08. The van der Waals surface area contributed by atoms with Gasteiger partial charge in [-0.2, -0.15) is 5.10 Å². The van der Waals surface area contributed by atoms with Gasteiger partial charge in [0, 0.05) is 0 Å². The van der Waals surface area contributed by atoms with Crippen LogP contribution in [-0.2, 0) is 7.05 Å². The van der Waals surface area contributed by atoms with Crippen LogP contribution in [0.5, 0.6) is 11.5 Å². The number of aromatic nitrogens is 2. The maximum Gasteiger partial charge on any atom is 0.253 e. The predicted octanol–water partition coefficient (Wildman–Crippen LogP) is 0.370. The van der Waals surface area contributed by atoms with E-state index in [1.165, 1.54) is 6.20 Å². The molecule has 0 radical (unpaired) electrons. The number of aryl methyl sites for hydroxylation is 1. The van der Waals surface area contributed by atoms with Crippen molar-refractivity contribution >= 4 is 10.9 Å². The third-order valence-corrected chi connectivity index (χ3v) is 2.41. The fraction of sp³-hybridized carbons (Fsp3) is 0.273. The molecule has 0 spiro atoms. The van der Waals surface area contributed by atoms with Gasteiger partial charge in [-0.3, -0.25) is 4.79 Å². The lowest BCUT2D eigenvalue weighted by molar-refractivity contribution is -0.729. The van der Waals surface area contributed by atoms with E-state index < -0.39 is 0 Å². The summed E-state index contributed by atoms with van der Waals surface area (Å²) < 4.78 is 12.0. The highest BCUT2D eigenvalue weighted by molar-refractivity contribution is 5.86. The summed E-state index contributed by atoms with van der Waals surface area (Å²) in [5.74, 6) is 1.13. The molecule has 16 heavy (non-hydrogen) atoms. The van der Waals surface area contributed by atoms with E-state index in [0.717, 1.165) is 0 Å². The smallest absolute Gasteiger partial charge is 0.253 e. The number of nitrogens with zero attached hydrogens (tertiary/aromatic N) is 1. The molecule has 0 aliphatic rings. The number of nitrogens with one attached hydrogen (secondary N) is 1. The van der Waals surface area contributed by atoms with Crippen molar-refractivity contribution in [1.82, 2.24) is 5.10 Å². The molecule has 0 amide bonds. The molecule has 0 aliphatic heterocycles. The van der Waals surface area contributed by atoms with Gasteiger partial charge in [0.15, 0.2) is 24.1 Å². The average Bonchev–Trinajstić information content (AvgIpc) is 2.27. The first kappa shape index (κ1) is 10.5. The number of methoxy groups -OCH3 is 2. The molecule has 1 heterocycles. The topological polar surface area (TPSA) is 55.2 Å². The number of aromatic amines is 1. The van der Waals surface area contributed by atoms with Gasteiger partial charge in [0.05, 0.1) is 19.6 Å². The molecule has 0 atom stereocenters. The predicted molar refractivity (Wildman–Crippen MR) is 58.8 cm³/mol. The molecule has 5 nitrogen and oxygen atoms in total. The summed E-state index contributed by atoms with van der Waals surface area (Å²) in [5, 5.41) is 3.62. The van der Waals surface area contributed by atoms with E-state index in [2.05, 4.69) is 5.10 Å². The molecule has 0 fully saturated rings. The van der Waals surface area contributed by atoms with Crippen molar-refractivity contribution in [2.24, 2.45) is 7.05 Å². The lowest BCUT2D eigenvalue weighted by atomic mass is 10.2. The fourth-order valence-corrected chi connectivity index (χ4v) is 1.70. The molecule has 0 saturated heterocycles. The van der Waals surface area contributed by atoms with E-state index in [1.54, 1.807) is 38.1 Å². The Morgan fingerprint density at radius 3 is 2.62 bits per heavy atom. The molecule has 0 unspecified atom stereocenters. The molecule has 1 N–H and O–H groups in total. The summed E-state index contributed by atoms with van der Waals surface area (Å²) in [6, 6.07) is 3.44. The van der Waals surface area contributed by atoms with E-state index in [9.17, 15) is 4.79 Å². The minimum absolute atomic E-state index is 0.0581. The Morgan fingerprint density at radius 1 is 1.25 bits per heavy atom. The first-order valence-electron chi connectivity index (χ1n) is 4.81. The number of fused-ring (bicyclic) bond motifs is 1. The Labute approximate surface area is 92.2 Å². The Kier molecular flexibility index (Phi) is 2.52. The Morgan fingerprint density at radius 2 is 2.00 bits per heavy atom. The van der Waals surface area contributed by atoms with E-state index in [1.807, 2.05) is 0 Å². The quantitative estimate of drug-likeness (QED) is 0.745. The Balaban J connectivity index is 2.91. The number of H-pyrrole nitrogens is 1. The summed E-state index contributed by atoms with van der Waals surface area (Å²) >= 11 is 0. The minimum Gasteiger partial charge on any atom is -0.493 e. The summed E-state index contributed by atoms with van der Waals surface area (Å²) in [4.78, 5) is 11.7. The summed E-state index contributed by atoms with van der Waals surface area (Å²) in [6.07, 6.45) is 1.48.